The summed E-state index contributed by atoms with van der Waals surface area (Å²) in [5, 5.41) is 0. The van der Waals surface area contributed by atoms with E-state index in [2.05, 4.69) is 27.7 Å². The highest BCUT2D eigenvalue weighted by Crippen LogP contribution is 2.42. The van der Waals surface area contributed by atoms with E-state index in [0.29, 0.717) is 58.5 Å². The van der Waals surface area contributed by atoms with E-state index >= 15 is 0 Å². The number of carbonyl (C=O) groups excluding carboxylic acids is 4. The van der Waals surface area contributed by atoms with Crippen molar-refractivity contribution in [1.29, 1.82) is 0 Å². The summed E-state index contributed by atoms with van der Waals surface area (Å²) in [7, 11) is 0. The second kappa shape index (κ2) is 26.6. The Hall–Kier alpha value is -8.76. The SMILES string of the molecule is CCCCCCOc1ccc(C(=O)Oc2ccc(C(=O)Oc3ccc(C(C)(C)c4ccc(OC(=O)c5ccc(OC(=O)c6ccc(OCCCCCC)cc6)cc5)c(-c5ccccc5)c4)cc3-c3ccccc3)cc2)cc1. The lowest BCUT2D eigenvalue weighted by atomic mass is 9.76. The first-order chi connectivity index (χ1) is 37.5. The van der Waals surface area contributed by atoms with E-state index < -0.39 is 29.3 Å². The summed E-state index contributed by atoms with van der Waals surface area (Å²) >= 11 is 0. The van der Waals surface area contributed by atoms with Gasteiger partial charge in [0.15, 0.2) is 0 Å². The first-order valence-corrected chi connectivity index (χ1v) is 26.4. The summed E-state index contributed by atoms with van der Waals surface area (Å²) in [5.74, 6) is 0.477. The first kappa shape index (κ1) is 54.5. The molecule has 8 aromatic rings. The van der Waals surface area contributed by atoms with Crippen LogP contribution in [-0.2, 0) is 5.41 Å². The monoisotopic (exact) mass is 1030 g/mol. The molecule has 0 atom stereocenters. The number of rotatable bonds is 24. The molecule has 0 aromatic heterocycles. The van der Waals surface area contributed by atoms with E-state index in [1.165, 1.54) is 12.8 Å². The number of esters is 4. The Labute approximate surface area is 451 Å². The van der Waals surface area contributed by atoms with Crippen LogP contribution < -0.4 is 28.4 Å². The van der Waals surface area contributed by atoms with Crippen LogP contribution in [0.3, 0.4) is 0 Å². The fraction of sp³-hybridized carbons (Fsp3) is 0.224. The normalized spacial score (nSPS) is 11.1. The zero-order chi connectivity index (χ0) is 54.0. The average Bonchev–Trinajstić information content (AvgIpc) is 3.47. The van der Waals surface area contributed by atoms with E-state index in [0.717, 1.165) is 60.8 Å². The number of unbranched alkanes of at least 4 members (excludes halogenated alkanes) is 6. The molecule has 8 rings (SSSR count). The molecule has 77 heavy (non-hydrogen) atoms. The number of hydrogen-bond acceptors (Lipinski definition) is 10. The molecular formula is C67H64O10. The predicted octanol–water partition coefficient (Wildman–Crippen LogP) is 16.1. The molecule has 0 spiro atoms. The van der Waals surface area contributed by atoms with Crippen molar-refractivity contribution in [2.45, 2.75) is 84.5 Å². The highest BCUT2D eigenvalue weighted by atomic mass is 16.5. The van der Waals surface area contributed by atoms with Gasteiger partial charge in [-0.15, -0.1) is 0 Å². The standard InChI is InChI=1S/C67H64O10/c1-5-7-9-17-43-72-55-33-23-49(24-34-55)63(68)74-57-37-27-51(28-38-57)65(70)76-61-41-31-53(45-59(61)47-19-13-11-14-20-47)67(3,4)54-32-42-62(60(46-54)48-21-15-12-16-22-48)77-66(71)52-29-39-58(40-30-52)75-64(69)50-25-35-56(36-26-50)73-44-18-10-8-6-2/h11-16,19-42,45-46H,5-10,17-18,43-44H2,1-4H3. The van der Waals surface area contributed by atoms with Crippen LogP contribution >= 0.6 is 0 Å². The molecule has 0 fully saturated rings. The van der Waals surface area contributed by atoms with Gasteiger partial charge in [0.05, 0.1) is 35.5 Å². The van der Waals surface area contributed by atoms with Crippen molar-refractivity contribution < 1.29 is 47.6 Å². The Bertz CT molecular complexity index is 3000. The summed E-state index contributed by atoms with van der Waals surface area (Å²) in [4.78, 5) is 53.4. The van der Waals surface area contributed by atoms with Crippen molar-refractivity contribution in [3.05, 3.63) is 228 Å². The zero-order valence-electron chi connectivity index (χ0n) is 44.1. The Balaban J connectivity index is 0.940. The Morgan fingerprint density at radius 1 is 0.351 bits per heavy atom. The molecule has 0 bridgehead atoms. The average molecular weight is 1030 g/mol. The van der Waals surface area contributed by atoms with Crippen LogP contribution in [0.1, 0.15) is 132 Å². The van der Waals surface area contributed by atoms with Crippen molar-refractivity contribution in [2.75, 3.05) is 13.2 Å². The molecule has 0 aliphatic heterocycles. The van der Waals surface area contributed by atoms with Gasteiger partial charge in [0.25, 0.3) is 0 Å². The summed E-state index contributed by atoms with van der Waals surface area (Å²) < 4.78 is 35.1. The van der Waals surface area contributed by atoms with E-state index in [4.69, 9.17) is 28.4 Å². The fourth-order valence-electron chi connectivity index (χ4n) is 8.65. The Morgan fingerprint density at radius 2 is 0.675 bits per heavy atom. The van der Waals surface area contributed by atoms with Crippen LogP contribution in [0, 0.1) is 0 Å². The van der Waals surface area contributed by atoms with E-state index in [1.54, 1.807) is 109 Å². The molecule has 392 valence electrons. The van der Waals surface area contributed by atoms with Crippen molar-refractivity contribution in [1.82, 2.24) is 0 Å². The molecule has 0 aliphatic carbocycles. The minimum absolute atomic E-state index is 0.275. The summed E-state index contributed by atoms with van der Waals surface area (Å²) in [6, 6.07) is 57.2. The van der Waals surface area contributed by atoms with E-state index in [-0.39, 0.29) is 22.6 Å². The van der Waals surface area contributed by atoms with Gasteiger partial charge in [-0.05, 0) is 156 Å². The lowest BCUT2D eigenvalue weighted by molar-refractivity contribution is 0.0720. The van der Waals surface area contributed by atoms with Crippen LogP contribution in [0.25, 0.3) is 22.3 Å². The Morgan fingerprint density at radius 3 is 1.01 bits per heavy atom. The Kier molecular flexibility index (Phi) is 18.9. The number of ether oxygens (including phenoxy) is 6. The van der Waals surface area contributed by atoms with Crippen LogP contribution in [0.2, 0.25) is 0 Å². The van der Waals surface area contributed by atoms with Gasteiger partial charge in [0, 0.05) is 16.5 Å². The minimum Gasteiger partial charge on any atom is -0.494 e. The topological polar surface area (TPSA) is 124 Å². The van der Waals surface area contributed by atoms with Crippen molar-refractivity contribution in [3.63, 3.8) is 0 Å². The van der Waals surface area contributed by atoms with E-state index in [9.17, 15) is 19.2 Å². The number of hydrogen-bond donors (Lipinski definition) is 0. The maximum absolute atomic E-state index is 13.7. The molecule has 10 nitrogen and oxygen atoms in total. The van der Waals surface area contributed by atoms with Crippen LogP contribution in [-0.4, -0.2) is 37.1 Å². The molecule has 0 radical (unpaired) electrons. The molecule has 0 aliphatic rings. The van der Waals surface area contributed by atoms with Crippen molar-refractivity contribution in [2.24, 2.45) is 0 Å². The molecule has 10 heteroatoms. The minimum atomic E-state index is -0.605. The van der Waals surface area contributed by atoms with Gasteiger partial charge < -0.3 is 28.4 Å². The fourth-order valence-corrected chi connectivity index (χ4v) is 8.65. The lowest BCUT2D eigenvalue weighted by Crippen LogP contribution is -2.20. The molecule has 0 unspecified atom stereocenters. The van der Waals surface area contributed by atoms with Crippen LogP contribution in [0.15, 0.2) is 194 Å². The zero-order valence-corrected chi connectivity index (χ0v) is 44.1. The first-order valence-electron chi connectivity index (χ1n) is 26.4. The molecule has 0 saturated heterocycles. The highest BCUT2D eigenvalue weighted by molar-refractivity contribution is 5.95. The van der Waals surface area contributed by atoms with Crippen LogP contribution in [0.5, 0.6) is 34.5 Å². The number of benzene rings is 8. The third-order valence-corrected chi connectivity index (χ3v) is 13.3. The van der Waals surface area contributed by atoms with Gasteiger partial charge in [0.2, 0.25) is 0 Å². The van der Waals surface area contributed by atoms with Gasteiger partial charge in [-0.3, -0.25) is 0 Å². The largest absolute Gasteiger partial charge is 0.494 e. The maximum Gasteiger partial charge on any atom is 0.343 e. The second-order valence-corrected chi connectivity index (χ2v) is 19.3. The molecule has 0 heterocycles. The van der Waals surface area contributed by atoms with Gasteiger partial charge >= 0.3 is 23.9 Å². The predicted molar refractivity (Wildman–Crippen MR) is 301 cm³/mol. The lowest BCUT2D eigenvalue weighted by Gasteiger charge is -2.28. The van der Waals surface area contributed by atoms with Crippen molar-refractivity contribution in [3.8, 4) is 56.8 Å². The molecule has 0 N–H and O–H groups in total. The third kappa shape index (κ3) is 14.8. The summed E-state index contributed by atoms with van der Waals surface area (Å²) in [5.41, 5.74) is 5.71. The quantitative estimate of drug-likeness (QED) is 0.0328. The number of carbonyl (C=O) groups is 4. The molecular weight excluding hydrogens is 965 g/mol. The third-order valence-electron chi connectivity index (χ3n) is 13.3. The van der Waals surface area contributed by atoms with Gasteiger partial charge in [-0.2, -0.15) is 0 Å². The molecule has 0 saturated carbocycles. The smallest absolute Gasteiger partial charge is 0.343 e. The summed E-state index contributed by atoms with van der Waals surface area (Å²) in [6.45, 7) is 9.82. The van der Waals surface area contributed by atoms with E-state index in [1.807, 2.05) is 84.9 Å². The van der Waals surface area contributed by atoms with Gasteiger partial charge in [-0.25, -0.2) is 19.2 Å². The van der Waals surface area contributed by atoms with Gasteiger partial charge in [-0.1, -0.05) is 139 Å². The maximum atomic E-state index is 13.7. The van der Waals surface area contributed by atoms with Crippen molar-refractivity contribution >= 4 is 23.9 Å². The van der Waals surface area contributed by atoms with Crippen LogP contribution in [0.4, 0.5) is 0 Å². The highest BCUT2D eigenvalue weighted by Gasteiger charge is 2.27. The molecule has 0 amide bonds. The second-order valence-electron chi connectivity index (χ2n) is 19.3. The van der Waals surface area contributed by atoms with Gasteiger partial charge in [0.1, 0.15) is 34.5 Å². The molecule has 8 aromatic carbocycles. The summed E-state index contributed by atoms with van der Waals surface area (Å²) in [6.07, 6.45) is 8.88.